The zero-order valence-electron chi connectivity index (χ0n) is 17.2. The van der Waals surface area contributed by atoms with Crippen molar-refractivity contribution in [1.82, 2.24) is 0 Å². The molecule has 0 heterocycles. The van der Waals surface area contributed by atoms with Crippen LogP contribution >= 0.6 is 12.2 Å². The molecule has 3 aromatic rings. The molecule has 9 heteroatoms. The van der Waals surface area contributed by atoms with E-state index in [1.165, 1.54) is 7.11 Å². The number of carbonyl (C=O) groups is 2. The summed E-state index contributed by atoms with van der Waals surface area (Å²) >= 11 is 5.00. The molecule has 0 saturated heterocycles. The summed E-state index contributed by atoms with van der Waals surface area (Å²) in [6.45, 7) is -0.251. The Kier molecular flexibility index (Phi) is 7.60. The summed E-state index contributed by atoms with van der Waals surface area (Å²) in [7, 11) is 1.20. The molecule has 3 aromatic carbocycles. The number of para-hydroxylation sites is 2. The summed E-state index contributed by atoms with van der Waals surface area (Å²) in [5, 5.41) is 2.47. The van der Waals surface area contributed by atoms with E-state index < -0.39 is 12.0 Å². The highest BCUT2D eigenvalue weighted by atomic mass is 32.1. The van der Waals surface area contributed by atoms with Crippen LogP contribution in [0.15, 0.2) is 78.9 Å². The van der Waals surface area contributed by atoms with Crippen molar-refractivity contribution in [3.63, 3.8) is 0 Å². The molecule has 0 spiro atoms. The molecule has 3 rings (SSSR count). The van der Waals surface area contributed by atoms with Crippen molar-refractivity contribution >= 4 is 40.7 Å². The van der Waals surface area contributed by atoms with Crippen LogP contribution in [0.25, 0.3) is 0 Å². The van der Waals surface area contributed by atoms with Gasteiger partial charge in [-0.25, -0.2) is 9.69 Å². The summed E-state index contributed by atoms with van der Waals surface area (Å²) in [5.74, 6) is 1.11. The second kappa shape index (κ2) is 10.8. The zero-order valence-corrected chi connectivity index (χ0v) is 18.0. The molecular formula is C23H21N3O5S. The molecule has 0 aliphatic heterocycles. The van der Waals surface area contributed by atoms with Gasteiger partial charge in [-0.3, -0.25) is 4.79 Å². The first-order chi connectivity index (χ1) is 15.5. The van der Waals surface area contributed by atoms with Gasteiger partial charge in [0.1, 0.15) is 17.2 Å². The summed E-state index contributed by atoms with van der Waals surface area (Å²) < 4.78 is 16.1. The zero-order chi connectivity index (χ0) is 22.9. The van der Waals surface area contributed by atoms with Gasteiger partial charge in [0.15, 0.2) is 11.7 Å². The molecular weight excluding hydrogens is 430 g/mol. The van der Waals surface area contributed by atoms with Crippen molar-refractivity contribution in [3.8, 4) is 17.2 Å². The van der Waals surface area contributed by atoms with Crippen LogP contribution in [0.3, 0.4) is 0 Å². The molecule has 0 saturated carbocycles. The lowest BCUT2D eigenvalue weighted by Gasteiger charge is -2.23. The van der Waals surface area contributed by atoms with Gasteiger partial charge in [-0.1, -0.05) is 36.4 Å². The van der Waals surface area contributed by atoms with Gasteiger partial charge in [0, 0.05) is 6.07 Å². The Bertz CT molecular complexity index is 1090. The van der Waals surface area contributed by atoms with Gasteiger partial charge in [-0.15, -0.1) is 0 Å². The third-order valence-electron chi connectivity index (χ3n) is 4.15. The Morgan fingerprint density at radius 1 is 0.938 bits per heavy atom. The number of ether oxygens (including phenoxy) is 3. The highest BCUT2D eigenvalue weighted by Gasteiger charge is 2.24. The molecule has 0 aliphatic carbocycles. The minimum absolute atomic E-state index is 0.220. The van der Waals surface area contributed by atoms with Gasteiger partial charge in [0.05, 0.1) is 18.5 Å². The number of nitrogens with zero attached hydrogens (tertiary/aromatic N) is 1. The topological polar surface area (TPSA) is 103 Å². The van der Waals surface area contributed by atoms with Crippen molar-refractivity contribution in [2.45, 2.75) is 0 Å². The quantitative estimate of drug-likeness (QED) is 0.516. The molecule has 0 bridgehead atoms. The molecule has 0 aromatic heterocycles. The van der Waals surface area contributed by atoms with Gasteiger partial charge in [0.2, 0.25) is 0 Å². The minimum Gasteiger partial charge on any atom is -0.484 e. The maximum absolute atomic E-state index is 12.6. The van der Waals surface area contributed by atoms with E-state index in [9.17, 15) is 9.59 Å². The van der Waals surface area contributed by atoms with Crippen molar-refractivity contribution in [1.29, 1.82) is 0 Å². The van der Waals surface area contributed by atoms with Crippen LogP contribution in [0.4, 0.5) is 16.2 Å². The largest absolute Gasteiger partial charge is 0.484 e. The van der Waals surface area contributed by atoms with Crippen molar-refractivity contribution < 1.29 is 23.8 Å². The number of hydrogen-bond acceptors (Lipinski definition) is 6. The van der Waals surface area contributed by atoms with Crippen molar-refractivity contribution in [2.24, 2.45) is 5.73 Å². The number of benzene rings is 3. The molecule has 0 radical (unpaired) electrons. The van der Waals surface area contributed by atoms with Gasteiger partial charge in [-0.05, 0) is 48.6 Å². The first-order valence-corrected chi connectivity index (χ1v) is 9.91. The highest BCUT2D eigenvalue weighted by Crippen LogP contribution is 2.33. The third-order valence-corrected chi connectivity index (χ3v) is 4.34. The van der Waals surface area contributed by atoms with E-state index in [2.05, 4.69) is 5.32 Å². The summed E-state index contributed by atoms with van der Waals surface area (Å²) in [6, 6.07) is 22.7. The Morgan fingerprint density at radius 2 is 1.56 bits per heavy atom. The van der Waals surface area contributed by atoms with E-state index in [0.29, 0.717) is 17.2 Å². The standard InChI is InChI=1S/C23H21N3O5S/c1-29-23(28)26(22(24)32)20-13-12-18(31-17-10-6-3-7-11-17)14-19(20)25-21(27)15-30-16-8-4-2-5-9-16/h2-14H,15H2,1H3,(H2,24,32)(H,25,27). The summed E-state index contributed by atoms with van der Waals surface area (Å²) in [6.07, 6.45) is -0.801. The first kappa shape index (κ1) is 22.6. The fourth-order valence-electron chi connectivity index (χ4n) is 2.75. The molecule has 164 valence electrons. The van der Waals surface area contributed by atoms with Gasteiger partial charge >= 0.3 is 6.09 Å². The molecule has 32 heavy (non-hydrogen) atoms. The van der Waals surface area contributed by atoms with Crippen LogP contribution < -0.4 is 25.4 Å². The molecule has 0 fully saturated rings. The predicted octanol–water partition coefficient (Wildman–Crippen LogP) is 4.31. The number of nitrogens with two attached hydrogens (primary N) is 1. The number of carbonyl (C=O) groups excluding carboxylic acids is 2. The average molecular weight is 452 g/mol. The Hall–Kier alpha value is -4.11. The maximum Gasteiger partial charge on any atom is 0.420 e. The second-order valence-electron chi connectivity index (χ2n) is 6.39. The van der Waals surface area contributed by atoms with Crippen LogP contribution in [0, 0.1) is 0 Å². The van der Waals surface area contributed by atoms with Crippen molar-refractivity contribution in [2.75, 3.05) is 23.9 Å². The average Bonchev–Trinajstić information content (AvgIpc) is 2.80. The van der Waals surface area contributed by atoms with E-state index in [-0.39, 0.29) is 23.1 Å². The van der Waals surface area contributed by atoms with Crippen LogP contribution in [0.2, 0.25) is 0 Å². The SMILES string of the molecule is COC(=O)N(C(N)=S)c1ccc(Oc2ccccc2)cc1NC(=O)COc1ccccc1. The Labute approximate surface area is 190 Å². The Morgan fingerprint density at radius 3 is 2.16 bits per heavy atom. The molecule has 0 unspecified atom stereocenters. The van der Waals surface area contributed by atoms with Crippen LogP contribution in [0.1, 0.15) is 0 Å². The van der Waals surface area contributed by atoms with Gasteiger partial charge in [0.25, 0.3) is 5.91 Å². The number of amides is 2. The monoisotopic (exact) mass is 451 g/mol. The summed E-state index contributed by atoms with van der Waals surface area (Å²) in [4.78, 5) is 25.8. The lowest BCUT2D eigenvalue weighted by Crippen LogP contribution is -2.41. The normalized spacial score (nSPS) is 10.0. The van der Waals surface area contributed by atoms with Gasteiger partial charge in [-0.2, -0.15) is 0 Å². The molecule has 8 nitrogen and oxygen atoms in total. The van der Waals surface area contributed by atoms with E-state index >= 15 is 0 Å². The van der Waals surface area contributed by atoms with E-state index in [1.807, 2.05) is 24.3 Å². The van der Waals surface area contributed by atoms with Crippen LogP contribution in [-0.4, -0.2) is 30.8 Å². The number of hydrogen-bond donors (Lipinski definition) is 2. The lowest BCUT2D eigenvalue weighted by molar-refractivity contribution is -0.118. The highest BCUT2D eigenvalue weighted by molar-refractivity contribution is 7.80. The molecule has 3 N–H and O–H groups in total. The first-order valence-electron chi connectivity index (χ1n) is 9.50. The van der Waals surface area contributed by atoms with Crippen LogP contribution in [0.5, 0.6) is 17.2 Å². The van der Waals surface area contributed by atoms with E-state index in [1.54, 1.807) is 54.6 Å². The third kappa shape index (κ3) is 5.96. The number of anilines is 2. The fraction of sp³-hybridized carbons (Fsp3) is 0.0870. The molecule has 0 aliphatic rings. The minimum atomic E-state index is -0.801. The Balaban J connectivity index is 1.87. The maximum atomic E-state index is 12.6. The number of rotatable bonds is 7. The molecule has 2 amide bonds. The number of methoxy groups -OCH3 is 1. The van der Waals surface area contributed by atoms with E-state index in [0.717, 1.165) is 4.90 Å². The fourth-order valence-corrected chi connectivity index (χ4v) is 2.92. The number of nitrogens with one attached hydrogen (secondary N) is 1. The van der Waals surface area contributed by atoms with Crippen LogP contribution in [-0.2, 0) is 9.53 Å². The smallest absolute Gasteiger partial charge is 0.420 e. The summed E-state index contributed by atoms with van der Waals surface area (Å²) in [5.41, 5.74) is 6.18. The lowest BCUT2D eigenvalue weighted by atomic mass is 10.2. The van der Waals surface area contributed by atoms with Gasteiger partial charge < -0.3 is 25.3 Å². The number of thiocarbonyl (C=S) groups is 1. The molecule has 0 atom stereocenters. The van der Waals surface area contributed by atoms with E-state index in [4.69, 9.17) is 32.2 Å². The second-order valence-corrected chi connectivity index (χ2v) is 6.81. The predicted molar refractivity (Wildman–Crippen MR) is 125 cm³/mol. The van der Waals surface area contributed by atoms with Crippen molar-refractivity contribution in [3.05, 3.63) is 78.9 Å².